The smallest absolute Gasteiger partial charge is 0.0210 e. The Hall–Kier alpha value is -0.860. The molecule has 0 heterocycles. The molecule has 96 valence electrons. The van der Waals surface area contributed by atoms with Crippen LogP contribution in [0.15, 0.2) is 30.3 Å². The zero-order valence-corrected chi connectivity index (χ0v) is 11.2. The molecule has 0 aliphatic carbocycles. The molecule has 2 nitrogen and oxygen atoms in total. The normalized spacial score (nSPS) is 12.9. The monoisotopic (exact) mass is 234 g/mol. The summed E-state index contributed by atoms with van der Waals surface area (Å²) in [5.74, 6) is 6.35. The first kappa shape index (κ1) is 14.2. The van der Waals surface area contributed by atoms with E-state index >= 15 is 0 Å². The first-order valence-electron chi connectivity index (χ1n) is 6.72. The number of nitrogens with one attached hydrogen (secondary N) is 1. The summed E-state index contributed by atoms with van der Waals surface area (Å²) in [5, 5.41) is 0. The minimum atomic E-state index is 0.473. The number of hydrogen-bond donors (Lipinski definition) is 2. The second kappa shape index (κ2) is 8.26. The van der Waals surface area contributed by atoms with E-state index < -0.39 is 0 Å². The van der Waals surface area contributed by atoms with Crippen molar-refractivity contribution in [1.82, 2.24) is 5.43 Å². The second-order valence-corrected chi connectivity index (χ2v) is 5.21. The molecule has 0 spiro atoms. The second-order valence-electron chi connectivity index (χ2n) is 5.21. The molecule has 0 fully saturated rings. The average Bonchev–Trinajstić information content (AvgIpc) is 2.34. The van der Waals surface area contributed by atoms with Gasteiger partial charge in [-0.05, 0) is 43.6 Å². The van der Waals surface area contributed by atoms with Gasteiger partial charge in [0, 0.05) is 6.04 Å². The van der Waals surface area contributed by atoms with Gasteiger partial charge >= 0.3 is 0 Å². The van der Waals surface area contributed by atoms with Crippen molar-refractivity contribution in [1.29, 1.82) is 0 Å². The molecule has 1 atom stereocenters. The fourth-order valence-corrected chi connectivity index (χ4v) is 2.04. The Labute approximate surface area is 106 Å². The summed E-state index contributed by atoms with van der Waals surface area (Å²) in [5.41, 5.74) is 4.37. The zero-order chi connectivity index (χ0) is 12.5. The van der Waals surface area contributed by atoms with Gasteiger partial charge in [0.2, 0.25) is 0 Å². The number of nitrogens with two attached hydrogens (primary N) is 1. The Balaban J connectivity index is 2.19. The van der Waals surface area contributed by atoms with E-state index in [2.05, 4.69) is 49.6 Å². The predicted molar refractivity (Wildman–Crippen MR) is 74.6 cm³/mol. The van der Waals surface area contributed by atoms with Gasteiger partial charge < -0.3 is 0 Å². The Bertz CT molecular complexity index is 282. The molecular formula is C15H26N2. The maximum Gasteiger partial charge on any atom is 0.0210 e. The summed E-state index contributed by atoms with van der Waals surface area (Å²) in [6.07, 6.45) is 5.96. The molecular weight excluding hydrogens is 208 g/mol. The van der Waals surface area contributed by atoms with Crippen LogP contribution >= 0.6 is 0 Å². The lowest BCUT2D eigenvalue weighted by Gasteiger charge is -2.16. The lowest BCUT2D eigenvalue weighted by atomic mass is 9.98. The molecule has 2 heteroatoms. The van der Waals surface area contributed by atoms with Crippen molar-refractivity contribution in [2.75, 3.05) is 0 Å². The molecule has 1 unspecified atom stereocenters. The Morgan fingerprint density at radius 1 is 1.06 bits per heavy atom. The highest BCUT2D eigenvalue weighted by atomic mass is 15.2. The van der Waals surface area contributed by atoms with Crippen LogP contribution in [-0.4, -0.2) is 6.04 Å². The van der Waals surface area contributed by atoms with Crippen molar-refractivity contribution in [2.45, 2.75) is 52.0 Å². The van der Waals surface area contributed by atoms with Crippen LogP contribution in [0, 0.1) is 5.92 Å². The van der Waals surface area contributed by atoms with Crippen molar-refractivity contribution in [3.8, 4) is 0 Å². The summed E-state index contributed by atoms with van der Waals surface area (Å²) in [6, 6.07) is 11.1. The van der Waals surface area contributed by atoms with Crippen LogP contribution in [0.25, 0.3) is 0 Å². The third-order valence-electron chi connectivity index (χ3n) is 3.19. The number of benzene rings is 1. The SMILES string of the molecule is CC(C)CCC(CCCc1ccccc1)NN. The van der Waals surface area contributed by atoms with Gasteiger partial charge in [-0.1, -0.05) is 44.2 Å². The summed E-state index contributed by atoms with van der Waals surface area (Å²) >= 11 is 0. The first-order valence-corrected chi connectivity index (χ1v) is 6.72. The average molecular weight is 234 g/mol. The van der Waals surface area contributed by atoms with E-state index in [0.717, 1.165) is 18.8 Å². The molecule has 0 bridgehead atoms. The number of hydrogen-bond acceptors (Lipinski definition) is 2. The van der Waals surface area contributed by atoms with E-state index in [-0.39, 0.29) is 0 Å². The fraction of sp³-hybridized carbons (Fsp3) is 0.600. The molecule has 0 aromatic heterocycles. The van der Waals surface area contributed by atoms with Crippen LogP contribution in [0.1, 0.15) is 45.1 Å². The van der Waals surface area contributed by atoms with Gasteiger partial charge in [0.25, 0.3) is 0 Å². The molecule has 3 N–H and O–H groups in total. The van der Waals surface area contributed by atoms with E-state index in [4.69, 9.17) is 5.84 Å². The van der Waals surface area contributed by atoms with Crippen molar-refractivity contribution in [2.24, 2.45) is 11.8 Å². The third-order valence-corrected chi connectivity index (χ3v) is 3.19. The standard InChI is InChI=1S/C15H26N2/c1-13(2)11-12-15(17-16)10-6-9-14-7-4-3-5-8-14/h3-5,7-8,13,15,17H,6,9-12,16H2,1-2H3. The van der Waals surface area contributed by atoms with E-state index in [9.17, 15) is 0 Å². The fourth-order valence-electron chi connectivity index (χ4n) is 2.04. The van der Waals surface area contributed by atoms with Crippen LogP contribution in [0.2, 0.25) is 0 Å². The lowest BCUT2D eigenvalue weighted by molar-refractivity contribution is 0.408. The molecule has 0 aliphatic rings. The van der Waals surface area contributed by atoms with Crippen molar-refractivity contribution >= 4 is 0 Å². The first-order chi connectivity index (χ1) is 8.22. The van der Waals surface area contributed by atoms with Gasteiger partial charge in [-0.2, -0.15) is 0 Å². The molecule has 17 heavy (non-hydrogen) atoms. The zero-order valence-electron chi connectivity index (χ0n) is 11.2. The topological polar surface area (TPSA) is 38.0 Å². The van der Waals surface area contributed by atoms with Crippen LogP contribution in [0.3, 0.4) is 0 Å². The summed E-state index contributed by atoms with van der Waals surface area (Å²) in [4.78, 5) is 0. The van der Waals surface area contributed by atoms with Crippen molar-refractivity contribution in [3.05, 3.63) is 35.9 Å². The third kappa shape index (κ3) is 6.44. The Morgan fingerprint density at radius 3 is 2.35 bits per heavy atom. The van der Waals surface area contributed by atoms with E-state index in [0.29, 0.717) is 6.04 Å². The predicted octanol–water partition coefficient (Wildman–Crippen LogP) is 3.28. The quantitative estimate of drug-likeness (QED) is 0.535. The van der Waals surface area contributed by atoms with Gasteiger partial charge in [0.15, 0.2) is 0 Å². The minimum Gasteiger partial charge on any atom is -0.271 e. The van der Waals surface area contributed by atoms with E-state index in [1.807, 2.05) is 0 Å². The largest absolute Gasteiger partial charge is 0.271 e. The minimum absolute atomic E-state index is 0.473. The van der Waals surface area contributed by atoms with Gasteiger partial charge in [-0.25, -0.2) is 0 Å². The van der Waals surface area contributed by atoms with Crippen LogP contribution in [-0.2, 0) is 6.42 Å². The highest BCUT2D eigenvalue weighted by Crippen LogP contribution is 2.12. The number of rotatable bonds is 8. The number of aryl methyl sites for hydroxylation is 1. The van der Waals surface area contributed by atoms with Crippen molar-refractivity contribution < 1.29 is 0 Å². The molecule has 0 saturated heterocycles. The van der Waals surface area contributed by atoms with Crippen LogP contribution < -0.4 is 11.3 Å². The van der Waals surface area contributed by atoms with Gasteiger partial charge in [0.05, 0.1) is 0 Å². The summed E-state index contributed by atoms with van der Waals surface area (Å²) in [6.45, 7) is 4.52. The van der Waals surface area contributed by atoms with Gasteiger partial charge in [-0.3, -0.25) is 11.3 Å². The Kier molecular flexibility index (Phi) is 6.90. The maximum atomic E-state index is 5.59. The molecule has 1 aromatic rings. The molecule has 1 aromatic carbocycles. The summed E-state index contributed by atoms with van der Waals surface area (Å²) < 4.78 is 0. The highest BCUT2D eigenvalue weighted by Gasteiger charge is 2.07. The highest BCUT2D eigenvalue weighted by molar-refractivity contribution is 5.14. The van der Waals surface area contributed by atoms with E-state index in [1.165, 1.54) is 24.8 Å². The molecule has 0 amide bonds. The molecule has 0 aliphatic heterocycles. The molecule has 1 rings (SSSR count). The number of hydrazine groups is 1. The van der Waals surface area contributed by atoms with Crippen LogP contribution in [0.4, 0.5) is 0 Å². The van der Waals surface area contributed by atoms with Gasteiger partial charge in [-0.15, -0.1) is 0 Å². The van der Waals surface area contributed by atoms with Gasteiger partial charge in [0.1, 0.15) is 0 Å². The molecule has 0 saturated carbocycles. The van der Waals surface area contributed by atoms with E-state index in [1.54, 1.807) is 0 Å². The van der Waals surface area contributed by atoms with Crippen LogP contribution in [0.5, 0.6) is 0 Å². The Morgan fingerprint density at radius 2 is 1.76 bits per heavy atom. The lowest BCUT2D eigenvalue weighted by Crippen LogP contribution is -2.35. The molecule has 0 radical (unpaired) electrons. The maximum absolute atomic E-state index is 5.59. The van der Waals surface area contributed by atoms with Crippen molar-refractivity contribution in [3.63, 3.8) is 0 Å². The summed E-state index contributed by atoms with van der Waals surface area (Å²) in [7, 11) is 0.